The zero-order valence-corrected chi connectivity index (χ0v) is 22.8. The van der Waals surface area contributed by atoms with E-state index in [1.165, 1.54) is 12.1 Å². The molecular weight excluding hydrogens is 493 g/mol. The van der Waals surface area contributed by atoms with Gasteiger partial charge < -0.3 is 20.3 Å². The van der Waals surface area contributed by atoms with Gasteiger partial charge in [-0.25, -0.2) is 14.4 Å². The number of fused-ring (bicyclic) bond motifs is 1. The van der Waals surface area contributed by atoms with Gasteiger partial charge in [-0.1, -0.05) is 24.3 Å². The third-order valence-corrected chi connectivity index (χ3v) is 7.05. The second-order valence-electron chi connectivity index (χ2n) is 10.5. The van der Waals surface area contributed by atoms with Crippen LogP contribution in [0.3, 0.4) is 0 Å². The quantitative estimate of drug-likeness (QED) is 0.284. The lowest BCUT2D eigenvalue weighted by Crippen LogP contribution is -2.36. The molecular formula is C31H34FN5O2. The molecule has 1 amide bonds. The van der Waals surface area contributed by atoms with Crippen LogP contribution < -0.4 is 15.4 Å². The van der Waals surface area contributed by atoms with Crippen LogP contribution in [0, 0.1) is 18.7 Å². The lowest BCUT2D eigenvalue weighted by molar-refractivity contribution is -0.121. The number of likely N-dealkylation sites (tertiary alicyclic amines) is 1. The smallest absolute Gasteiger partial charge is 0.227 e. The van der Waals surface area contributed by atoms with Crippen molar-refractivity contribution in [3.63, 3.8) is 0 Å². The van der Waals surface area contributed by atoms with E-state index in [1.807, 2.05) is 57.2 Å². The minimum atomic E-state index is -0.357. The molecule has 4 aromatic rings. The number of piperidine rings is 1. The summed E-state index contributed by atoms with van der Waals surface area (Å²) in [6.45, 7) is 7.67. The van der Waals surface area contributed by atoms with Gasteiger partial charge in [0.2, 0.25) is 11.9 Å². The Bertz CT molecular complexity index is 1500. The molecule has 1 fully saturated rings. The Morgan fingerprint density at radius 3 is 2.64 bits per heavy atom. The Kier molecular flexibility index (Phi) is 7.74. The third kappa shape index (κ3) is 6.17. The molecule has 1 aromatic heterocycles. The van der Waals surface area contributed by atoms with E-state index in [4.69, 9.17) is 9.72 Å². The Hall–Kier alpha value is -4.04. The number of hydrogen-bond donors (Lipinski definition) is 2. The maximum Gasteiger partial charge on any atom is 0.227 e. The second-order valence-corrected chi connectivity index (χ2v) is 10.5. The van der Waals surface area contributed by atoms with Crippen LogP contribution in [-0.2, 0) is 4.79 Å². The van der Waals surface area contributed by atoms with Gasteiger partial charge in [-0.15, -0.1) is 0 Å². The Balaban J connectivity index is 1.42. The van der Waals surface area contributed by atoms with E-state index in [-0.39, 0.29) is 23.7 Å². The summed E-state index contributed by atoms with van der Waals surface area (Å²) in [5.41, 5.74) is 4.82. The van der Waals surface area contributed by atoms with E-state index in [2.05, 4.69) is 27.6 Å². The number of carbonyl (C=O) groups is 1. The molecule has 202 valence electrons. The highest BCUT2D eigenvalue weighted by Crippen LogP contribution is 2.36. The number of ether oxygens (including phenoxy) is 1. The predicted octanol–water partition coefficient (Wildman–Crippen LogP) is 6.56. The van der Waals surface area contributed by atoms with Crippen molar-refractivity contribution < 1.29 is 13.9 Å². The van der Waals surface area contributed by atoms with E-state index < -0.39 is 0 Å². The van der Waals surface area contributed by atoms with Crippen LogP contribution in [0.15, 0.2) is 60.8 Å². The first kappa shape index (κ1) is 26.6. The fraction of sp³-hybridized carbons (Fsp3) is 0.323. The van der Waals surface area contributed by atoms with Crippen molar-refractivity contribution >= 4 is 34.1 Å². The lowest BCUT2D eigenvalue weighted by atomic mass is 9.96. The molecule has 8 heteroatoms. The Morgan fingerprint density at radius 2 is 1.87 bits per heavy atom. The van der Waals surface area contributed by atoms with Gasteiger partial charge in [0.15, 0.2) is 0 Å². The normalized spacial score (nSPS) is 14.5. The van der Waals surface area contributed by atoms with Crippen molar-refractivity contribution in [1.82, 2.24) is 14.9 Å². The minimum absolute atomic E-state index is 0.0236. The van der Waals surface area contributed by atoms with Crippen molar-refractivity contribution in [3.05, 3.63) is 72.2 Å². The molecule has 1 aliphatic heterocycles. The SMILES string of the molecule is Cc1ccc(Nc2ncc3cccc(-c4ccc(F)cc4OC(C)C)c3n2)cc1NC(=O)C1CCN(C)CC1. The average Bonchev–Trinajstić information content (AvgIpc) is 2.90. The number of aromatic nitrogens is 2. The highest BCUT2D eigenvalue weighted by Gasteiger charge is 2.24. The summed E-state index contributed by atoms with van der Waals surface area (Å²) < 4.78 is 20.0. The summed E-state index contributed by atoms with van der Waals surface area (Å²) in [4.78, 5) is 24.5. The summed E-state index contributed by atoms with van der Waals surface area (Å²) in [7, 11) is 2.09. The second kappa shape index (κ2) is 11.4. The molecule has 1 saturated heterocycles. The lowest BCUT2D eigenvalue weighted by Gasteiger charge is -2.28. The van der Waals surface area contributed by atoms with Crippen molar-refractivity contribution in [2.45, 2.75) is 39.7 Å². The summed E-state index contributed by atoms with van der Waals surface area (Å²) in [5, 5.41) is 7.26. The number of hydrogen-bond acceptors (Lipinski definition) is 6. The fourth-order valence-corrected chi connectivity index (χ4v) is 4.87. The summed E-state index contributed by atoms with van der Waals surface area (Å²) in [6.07, 6.45) is 3.38. The molecule has 7 nitrogen and oxygen atoms in total. The number of rotatable bonds is 7. The number of carbonyl (C=O) groups excluding carboxylic acids is 1. The highest BCUT2D eigenvalue weighted by atomic mass is 19.1. The largest absolute Gasteiger partial charge is 0.490 e. The van der Waals surface area contributed by atoms with Gasteiger partial charge in [-0.3, -0.25) is 4.79 Å². The molecule has 1 aliphatic rings. The molecule has 2 N–H and O–H groups in total. The summed E-state index contributed by atoms with van der Waals surface area (Å²) >= 11 is 0. The van der Waals surface area contributed by atoms with Gasteiger partial charge in [0.1, 0.15) is 11.6 Å². The number of aryl methyl sites for hydroxylation is 1. The van der Waals surface area contributed by atoms with Gasteiger partial charge in [-0.05, 0) is 83.6 Å². The number of para-hydroxylation sites is 1. The summed E-state index contributed by atoms with van der Waals surface area (Å²) in [5.74, 6) is 0.614. The van der Waals surface area contributed by atoms with Crippen molar-refractivity contribution in [2.24, 2.45) is 5.92 Å². The van der Waals surface area contributed by atoms with E-state index >= 15 is 0 Å². The number of benzene rings is 3. The van der Waals surface area contributed by atoms with Crippen LogP contribution in [0.2, 0.25) is 0 Å². The van der Waals surface area contributed by atoms with Gasteiger partial charge >= 0.3 is 0 Å². The van der Waals surface area contributed by atoms with Gasteiger partial charge in [-0.2, -0.15) is 0 Å². The topological polar surface area (TPSA) is 79.4 Å². The van der Waals surface area contributed by atoms with Crippen LogP contribution in [-0.4, -0.2) is 47.0 Å². The van der Waals surface area contributed by atoms with Crippen molar-refractivity contribution in [2.75, 3.05) is 30.8 Å². The van der Waals surface area contributed by atoms with Crippen LogP contribution in [0.5, 0.6) is 5.75 Å². The first-order valence-electron chi connectivity index (χ1n) is 13.4. The maximum atomic E-state index is 14.1. The van der Waals surface area contributed by atoms with E-state index in [1.54, 1.807) is 12.3 Å². The number of nitrogens with zero attached hydrogens (tertiary/aromatic N) is 3. The van der Waals surface area contributed by atoms with E-state index in [0.29, 0.717) is 11.7 Å². The first-order valence-corrected chi connectivity index (χ1v) is 13.4. The minimum Gasteiger partial charge on any atom is -0.490 e. The molecule has 2 heterocycles. The zero-order chi connectivity index (χ0) is 27.5. The van der Waals surface area contributed by atoms with E-state index in [9.17, 15) is 9.18 Å². The number of halogens is 1. The van der Waals surface area contributed by atoms with Crippen LogP contribution in [0.25, 0.3) is 22.0 Å². The standard InChI is InChI=1S/C31H34FN5O2/c1-19(2)39-28-16-23(32)9-11-25(28)26-7-5-6-22-18-33-31(36-29(22)26)34-24-10-8-20(3)27(17-24)35-30(38)21-12-14-37(4)15-13-21/h5-11,16-19,21H,12-15H2,1-4H3,(H,35,38)(H,33,34,36). The maximum absolute atomic E-state index is 14.1. The molecule has 5 rings (SSSR count). The van der Waals surface area contributed by atoms with Crippen molar-refractivity contribution in [1.29, 1.82) is 0 Å². The van der Waals surface area contributed by atoms with Gasteiger partial charge in [0, 0.05) is 46.1 Å². The van der Waals surface area contributed by atoms with Gasteiger partial charge in [0.25, 0.3) is 0 Å². The van der Waals surface area contributed by atoms with E-state index in [0.717, 1.165) is 64.9 Å². The number of nitrogens with one attached hydrogen (secondary N) is 2. The van der Waals surface area contributed by atoms with Crippen molar-refractivity contribution in [3.8, 4) is 16.9 Å². The van der Waals surface area contributed by atoms with Crippen LogP contribution in [0.4, 0.5) is 21.7 Å². The number of anilines is 3. The molecule has 0 spiro atoms. The molecule has 0 radical (unpaired) electrons. The molecule has 0 atom stereocenters. The van der Waals surface area contributed by atoms with Crippen LogP contribution in [0.1, 0.15) is 32.3 Å². The molecule has 39 heavy (non-hydrogen) atoms. The zero-order valence-electron chi connectivity index (χ0n) is 22.8. The summed E-state index contributed by atoms with van der Waals surface area (Å²) in [6, 6.07) is 16.2. The molecule has 3 aromatic carbocycles. The Morgan fingerprint density at radius 1 is 1.08 bits per heavy atom. The highest BCUT2D eigenvalue weighted by molar-refractivity contribution is 5.96. The molecule has 0 bridgehead atoms. The molecule has 0 saturated carbocycles. The first-order chi connectivity index (χ1) is 18.8. The fourth-order valence-electron chi connectivity index (χ4n) is 4.87. The number of amides is 1. The monoisotopic (exact) mass is 527 g/mol. The van der Waals surface area contributed by atoms with Gasteiger partial charge in [0.05, 0.1) is 11.6 Å². The average molecular weight is 528 g/mol. The Labute approximate surface area is 228 Å². The third-order valence-electron chi connectivity index (χ3n) is 7.05. The molecule has 0 unspecified atom stereocenters. The van der Waals surface area contributed by atoms with Crippen LogP contribution >= 0.6 is 0 Å². The molecule has 0 aliphatic carbocycles. The predicted molar refractivity (Wildman–Crippen MR) is 154 cm³/mol.